The van der Waals surface area contributed by atoms with Crippen molar-refractivity contribution in [1.82, 2.24) is 76.1 Å². The number of nitro groups is 2. The molecule has 10 aromatic heterocycles. The van der Waals surface area contributed by atoms with Crippen LogP contribution >= 0.6 is 23.2 Å². The summed E-state index contributed by atoms with van der Waals surface area (Å²) in [6, 6.07) is 115. The van der Waals surface area contributed by atoms with Gasteiger partial charge in [-0.25, -0.2) is 37.7 Å². The van der Waals surface area contributed by atoms with E-state index in [2.05, 4.69) is 202 Å². The molecule has 149 heavy (non-hydrogen) atoms. The van der Waals surface area contributed by atoms with E-state index < -0.39 is 20.8 Å². The normalized spacial score (nSPS) is 13.6. The largest absolute Gasteiger partial charge is 0.336 e. The highest BCUT2D eigenvalue weighted by molar-refractivity contribution is 7.89. The molecule has 0 radical (unpaired) electrons. The molecule has 0 bridgehead atoms. The van der Waals surface area contributed by atoms with Gasteiger partial charge in [0.05, 0.1) is 61.2 Å². The van der Waals surface area contributed by atoms with E-state index in [1.807, 2.05) is 187 Å². The summed E-state index contributed by atoms with van der Waals surface area (Å²) in [5.41, 5.74) is 29.9. The van der Waals surface area contributed by atoms with Crippen LogP contribution in [0.3, 0.4) is 0 Å². The van der Waals surface area contributed by atoms with Crippen molar-refractivity contribution in [3.63, 3.8) is 0 Å². The second kappa shape index (κ2) is 45.6. The highest BCUT2D eigenvalue weighted by Crippen LogP contribution is 2.37. The van der Waals surface area contributed by atoms with Crippen molar-refractivity contribution in [2.45, 2.75) is 33.5 Å². The van der Waals surface area contributed by atoms with Crippen molar-refractivity contribution >= 4 is 78.7 Å². The van der Waals surface area contributed by atoms with Crippen LogP contribution in [0.25, 0.3) is 140 Å². The van der Waals surface area contributed by atoms with Gasteiger partial charge in [0.25, 0.3) is 17.3 Å². The first-order valence-corrected chi connectivity index (χ1v) is 51.8. The first kappa shape index (κ1) is 99.7. The predicted molar refractivity (Wildman–Crippen MR) is 590 cm³/mol. The number of nitro benzene ring substituents is 2. The summed E-state index contributed by atoms with van der Waals surface area (Å²) in [4.78, 5) is 67.5. The number of rotatable bonds is 21. The van der Waals surface area contributed by atoms with Gasteiger partial charge in [-0.1, -0.05) is 247 Å². The van der Waals surface area contributed by atoms with Crippen LogP contribution in [-0.2, 0) is 29.7 Å². The molecule has 0 spiro atoms. The summed E-state index contributed by atoms with van der Waals surface area (Å²) < 4.78 is 50.3. The minimum atomic E-state index is -3.22. The molecular weight excluding hydrogens is 1930 g/mol. The Hall–Kier alpha value is -16.6. The van der Waals surface area contributed by atoms with E-state index in [9.17, 15) is 37.8 Å². The molecule has 744 valence electrons. The number of aromatic nitrogens is 10. The molecular formula is C120H105Cl2FN18O7S. The summed E-state index contributed by atoms with van der Waals surface area (Å²) in [7, 11) is -3.22. The van der Waals surface area contributed by atoms with Crippen LogP contribution in [0.15, 0.2) is 401 Å². The maximum Gasteiger partial charge on any atom is 0.270 e. The van der Waals surface area contributed by atoms with Crippen molar-refractivity contribution in [1.29, 1.82) is 0 Å². The van der Waals surface area contributed by atoms with Crippen molar-refractivity contribution < 1.29 is 27.4 Å². The van der Waals surface area contributed by atoms with Gasteiger partial charge in [0.1, 0.15) is 34.1 Å². The van der Waals surface area contributed by atoms with Crippen molar-refractivity contribution in [2.24, 2.45) is 0 Å². The van der Waals surface area contributed by atoms with Crippen molar-refractivity contribution in [3.8, 4) is 112 Å². The lowest BCUT2D eigenvalue weighted by Gasteiger charge is -2.34. The quantitative estimate of drug-likeness (QED) is 0.0518. The zero-order chi connectivity index (χ0) is 102. The number of nitrogens with one attached hydrogen (secondary N) is 1. The number of imidazole rings is 5. The van der Waals surface area contributed by atoms with Gasteiger partial charge in [-0.05, 0) is 185 Å². The second-order valence-electron chi connectivity index (χ2n) is 36.8. The van der Waals surface area contributed by atoms with Crippen LogP contribution in [0.5, 0.6) is 0 Å². The zero-order valence-corrected chi connectivity index (χ0v) is 84.2. The van der Waals surface area contributed by atoms with Gasteiger partial charge in [0.15, 0.2) is 0 Å². The molecule has 3 fully saturated rings. The highest BCUT2D eigenvalue weighted by Gasteiger charge is 2.31. The van der Waals surface area contributed by atoms with Crippen molar-refractivity contribution in [3.05, 3.63) is 466 Å². The van der Waals surface area contributed by atoms with E-state index in [-0.39, 0.29) is 28.0 Å². The van der Waals surface area contributed by atoms with Gasteiger partial charge >= 0.3 is 0 Å². The summed E-state index contributed by atoms with van der Waals surface area (Å²) in [5.74, 6) is -0.431. The number of non-ortho nitro benzene ring substituents is 2. The Labute approximate surface area is 871 Å². The van der Waals surface area contributed by atoms with Gasteiger partial charge in [-0.15, -0.1) is 0 Å². The predicted octanol–water partition coefficient (Wildman–Crippen LogP) is 24.7. The van der Waals surface area contributed by atoms with Crippen LogP contribution < -0.4 is 5.32 Å². The summed E-state index contributed by atoms with van der Waals surface area (Å²) in [6.07, 6.45) is 14.7. The maximum atomic E-state index is 13.6. The van der Waals surface area contributed by atoms with Crippen LogP contribution in [0.4, 0.5) is 15.8 Å². The number of nitrogens with zero attached hydrogens (tertiary/aromatic N) is 17. The Morgan fingerprint density at radius 3 is 1.08 bits per heavy atom. The number of aryl methyl sites for hydroxylation is 1. The lowest BCUT2D eigenvalue weighted by Crippen LogP contribution is -2.48. The first-order valence-electron chi connectivity index (χ1n) is 49.5. The average Bonchev–Trinajstić information content (AvgIpc) is 1.62. The third-order valence-corrected chi connectivity index (χ3v) is 29.4. The Bertz CT molecular complexity index is 8280. The summed E-state index contributed by atoms with van der Waals surface area (Å²) in [6.45, 7) is 14.3. The number of sulfonamides is 1. The first-order chi connectivity index (χ1) is 72.7. The number of hydrogen-bond acceptors (Lipinski definition) is 16. The van der Waals surface area contributed by atoms with Gasteiger partial charge in [0, 0.05) is 209 Å². The van der Waals surface area contributed by atoms with Gasteiger partial charge in [-0.3, -0.25) is 39.7 Å². The standard InChI is InChI=1S/C31H26ClFN4O.C26H27N5O4S.C24H23N5O2.C20H16N2.C19H13ClN2/c32-26-12-9-23(10-13-26)30-28(37-20-25(11-14-29(37)34-30)22-5-2-1-3-6-22)21-35-15-17-36(18-16-35)31(38)24-7-4-8-27(33)19-24;1-2-36(34,35)29-15-13-28(14-16-29)19-24-26(21-9-6-10-23(17-21)31(32)33)27-25-12-11-22(18-30(24)25)20-7-4-3-5-8-20;30-29(31)21-9-6-19(7-10-21)24-22(17-27-14-12-25-13-15-27)28-16-20(8-11-23(28)26-24)18-4-2-1-3-5-18;1-15-7-9-17(10-8-15)19-14-22-13-18(11-12-20(22)21-19)16-5-3-2-4-6-16;20-17-9-6-15(7-10-17)18-13-22-12-16(8-11-19(22)21-18)14-4-2-1-3-5-14/h1-14,19-20H,15-18,21H2;3-12,17-18H,2,13-16,19H2,1H3;1-11,16,25H,12-15,17H2;2-14H,1H3;1-13H. The van der Waals surface area contributed by atoms with E-state index in [1.165, 1.54) is 46.0 Å². The topological polar surface area (TPSA) is 252 Å². The highest BCUT2D eigenvalue weighted by atomic mass is 35.5. The molecule has 29 heteroatoms. The van der Waals surface area contributed by atoms with E-state index in [1.54, 1.807) is 64.7 Å². The number of carbonyl (C=O) groups is 1. The lowest BCUT2D eigenvalue weighted by atomic mass is 10.1. The molecule has 11 aromatic carbocycles. The number of hydrogen-bond donors (Lipinski definition) is 1. The molecule has 0 saturated carbocycles. The number of carbonyl (C=O) groups excluding carboxylic acids is 1. The lowest BCUT2D eigenvalue weighted by molar-refractivity contribution is -0.385. The summed E-state index contributed by atoms with van der Waals surface area (Å²) >= 11 is 12.1. The Morgan fingerprint density at radius 2 is 0.685 bits per heavy atom. The Morgan fingerprint density at radius 1 is 0.342 bits per heavy atom. The molecule has 3 aliphatic heterocycles. The molecule has 13 heterocycles. The molecule has 21 aromatic rings. The fraction of sp³-hybridized carbons (Fsp3) is 0.150. The Kier molecular flexibility index (Phi) is 30.5. The van der Waals surface area contributed by atoms with Gasteiger partial charge in [-0.2, -0.15) is 4.31 Å². The number of amides is 1. The number of halogens is 3. The summed E-state index contributed by atoms with van der Waals surface area (Å²) in [5, 5.41) is 27.3. The molecule has 24 rings (SSSR count). The molecule has 0 unspecified atom stereocenters. The molecule has 3 aliphatic rings. The maximum absolute atomic E-state index is 13.6. The molecule has 25 nitrogen and oxygen atoms in total. The number of benzene rings is 11. The molecule has 0 atom stereocenters. The van der Waals surface area contributed by atoms with Crippen LogP contribution in [0.1, 0.15) is 39.9 Å². The van der Waals surface area contributed by atoms with Crippen LogP contribution in [0, 0.1) is 33.0 Å². The van der Waals surface area contributed by atoms with E-state index in [4.69, 9.17) is 43.1 Å². The zero-order valence-electron chi connectivity index (χ0n) is 81.9. The van der Waals surface area contributed by atoms with Crippen molar-refractivity contribution in [2.75, 3.05) is 84.3 Å². The number of piperazine rings is 3. The smallest absolute Gasteiger partial charge is 0.270 e. The van der Waals surface area contributed by atoms with Gasteiger partial charge < -0.3 is 32.2 Å². The third-order valence-electron chi connectivity index (χ3n) is 27.0. The van der Waals surface area contributed by atoms with E-state index in [0.29, 0.717) is 87.3 Å². The van der Waals surface area contributed by atoms with Crippen LogP contribution in [-0.4, -0.2) is 179 Å². The second-order valence-corrected chi connectivity index (χ2v) is 39.9. The molecule has 1 amide bonds. The minimum Gasteiger partial charge on any atom is -0.336 e. The molecule has 0 aliphatic carbocycles. The molecule has 1 N–H and O–H groups in total. The SMILES string of the molecule is CCS(=O)(=O)N1CCN(Cc2c(-c3cccc([N+](=O)[O-])c3)nc3ccc(-c4ccccc4)cn23)CC1.Cc1ccc(-c2cn3cc(-c4ccccc4)ccc3n2)cc1.Clc1ccc(-c2cn3cc(-c4ccccc4)ccc3n2)cc1.O=C(c1cccc(F)c1)N1CCN(Cc2c(-c3ccc(Cl)cc3)nc3ccc(-c4ccccc4)cn23)CC1.O=[N+]([O-])c1ccc(-c2nc3ccc(-c4ccccc4)cn3c2CN2CCNCC2)cc1. The van der Waals surface area contributed by atoms with Crippen LogP contribution in [0.2, 0.25) is 10.0 Å². The van der Waals surface area contributed by atoms with Gasteiger partial charge in [0.2, 0.25) is 10.0 Å². The fourth-order valence-corrected chi connectivity index (χ4v) is 20.3. The average molecular weight is 2030 g/mol. The Balaban J connectivity index is 0.000000115. The van der Waals surface area contributed by atoms with E-state index >= 15 is 0 Å². The minimum absolute atomic E-state index is 0.0128. The van der Waals surface area contributed by atoms with E-state index in [0.717, 1.165) is 161 Å². The fourth-order valence-electron chi connectivity index (χ4n) is 18.9. The monoisotopic (exact) mass is 2030 g/mol. The number of pyridine rings is 5. The number of fused-ring (bicyclic) bond motifs is 5. The third kappa shape index (κ3) is 23.6. The molecule has 3 saturated heterocycles.